The first kappa shape index (κ1) is 35.0. The van der Waals surface area contributed by atoms with E-state index in [2.05, 4.69) is 189 Å². The molecule has 0 spiro atoms. The Labute approximate surface area is 385 Å². The molecule has 17 aromatic rings. The maximum atomic E-state index is 6.70. The molecule has 7 heteroatoms. The Morgan fingerprint density at radius 2 is 0.912 bits per heavy atom. The van der Waals surface area contributed by atoms with E-state index in [9.17, 15) is 0 Å². The van der Waals surface area contributed by atoms with Crippen molar-refractivity contribution in [2.24, 2.45) is 0 Å². The summed E-state index contributed by atoms with van der Waals surface area (Å²) < 4.78 is 14.1. The van der Waals surface area contributed by atoms with Crippen molar-refractivity contribution in [1.82, 2.24) is 28.5 Å². The first-order chi connectivity index (χ1) is 33.7. The van der Waals surface area contributed by atoms with Crippen molar-refractivity contribution < 1.29 is 4.42 Å². The van der Waals surface area contributed by atoms with Crippen molar-refractivity contribution in [3.05, 3.63) is 194 Å². The lowest BCUT2D eigenvalue weighted by Crippen LogP contribution is -2.02. The predicted octanol–water partition coefficient (Wildman–Crippen LogP) is 15.6. The molecule has 0 N–H and O–H groups in total. The van der Waals surface area contributed by atoms with Crippen LogP contribution in [0, 0.1) is 0 Å². The second-order valence-electron chi connectivity index (χ2n) is 18.3. The normalized spacial score (nSPS) is 12.7. The molecule has 312 valence electrons. The Kier molecular flexibility index (Phi) is 6.33. The number of benzene rings is 10. The molecule has 0 saturated heterocycles. The number of aromatic nitrogens is 6. The molecule has 17 rings (SSSR count). The van der Waals surface area contributed by atoms with E-state index in [1.54, 1.807) is 0 Å². The highest BCUT2D eigenvalue weighted by molar-refractivity contribution is 6.41. The van der Waals surface area contributed by atoms with Crippen molar-refractivity contribution in [1.29, 1.82) is 0 Å². The molecule has 10 aromatic carbocycles. The summed E-state index contributed by atoms with van der Waals surface area (Å²) in [5, 5.41) is 14.5. The summed E-state index contributed by atoms with van der Waals surface area (Å²) in [6.07, 6.45) is 0. The molecule has 0 fully saturated rings. The highest BCUT2D eigenvalue weighted by atomic mass is 16.3. The number of hydrogen-bond acceptors (Lipinski definition) is 4. The third-order valence-corrected chi connectivity index (χ3v) is 14.9. The smallest absolute Gasteiger partial charge is 0.164 e. The highest BCUT2D eigenvalue weighted by Crippen LogP contribution is 2.52. The van der Waals surface area contributed by atoms with Gasteiger partial charge in [0.25, 0.3) is 0 Å². The van der Waals surface area contributed by atoms with Gasteiger partial charge in [0.15, 0.2) is 17.5 Å². The van der Waals surface area contributed by atoms with Crippen LogP contribution in [-0.2, 0) is 0 Å². The minimum Gasteiger partial charge on any atom is -0.456 e. The number of rotatable bonds is 5. The molecular formula is C61H32N6O. The molecule has 0 atom stereocenters. The van der Waals surface area contributed by atoms with Crippen molar-refractivity contribution in [3.8, 4) is 45.5 Å². The summed E-state index contributed by atoms with van der Waals surface area (Å²) in [5.74, 6) is 1.86. The Bertz CT molecular complexity index is 4900. The summed E-state index contributed by atoms with van der Waals surface area (Å²) in [6.45, 7) is 0. The molecule has 0 aliphatic rings. The third-order valence-electron chi connectivity index (χ3n) is 14.9. The Morgan fingerprint density at radius 3 is 1.75 bits per heavy atom. The average molecular weight is 865 g/mol. The zero-order valence-electron chi connectivity index (χ0n) is 36.1. The van der Waals surface area contributed by atoms with Gasteiger partial charge in [0.1, 0.15) is 11.2 Å². The number of fused-ring (bicyclic) bond motifs is 6. The Hall–Kier alpha value is -9.33. The number of nitrogens with zero attached hydrogens (tertiary/aromatic N) is 6. The van der Waals surface area contributed by atoms with Crippen LogP contribution in [-0.4, -0.2) is 28.5 Å². The van der Waals surface area contributed by atoms with Crippen LogP contribution >= 0.6 is 0 Å². The molecule has 0 bridgehead atoms. The molecule has 0 aliphatic carbocycles. The van der Waals surface area contributed by atoms with Gasteiger partial charge in [-0.1, -0.05) is 127 Å². The minimum atomic E-state index is 0.615. The largest absolute Gasteiger partial charge is 0.456 e. The zero-order chi connectivity index (χ0) is 43.9. The minimum absolute atomic E-state index is 0.615. The summed E-state index contributed by atoms with van der Waals surface area (Å²) in [6, 6.07) is 69.4. The van der Waals surface area contributed by atoms with Gasteiger partial charge in [0.05, 0.1) is 49.7 Å². The molecule has 0 unspecified atom stereocenters. The monoisotopic (exact) mass is 864 g/mol. The van der Waals surface area contributed by atoms with Gasteiger partial charge in [0.2, 0.25) is 0 Å². The number of hydrogen-bond donors (Lipinski definition) is 0. The lowest BCUT2D eigenvalue weighted by Gasteiger charge is -2.15. The van der Waals surface area contributed by atoms with Gasteiger partial charge in [0, 0.05) is 76.2 Å². The highest BCUT2D eigenvalue weighted by Gasteiger charge is 2.30. The van der Waals surface area contributed by atoms with Crippen molar-refractivity contribution in [3.63, 3.8) is 0 Å². The molecule has 0 saturated carbocycles. The van der Waals surface area contributed by atoms with Crippen LogP contribution < -0.4 is 0 Å². The standard InChI is InChI=1S/C61H32N6O/c1-3-12-33(13-4-1)59-62-60(34-22-23-39-38-18-9-10-21-45(38)65(49(39)32-34)35-14-5-2-6-15-35)64-61(63-59)44-25-27-46(37-17-8-7-16-36(37)44)66-47-29-31-50-54-52(47)53-48(66)28-24-42-40-19-11-20-41-43-26-30-51(68-50)55(54)58(43)67(56(40)41)57(42)53/h1-32H. The van der Waals surface area contributed by atoms with Crippen LogP contribution in [0.1, 0.15) is 0 Å². The van der Waals surface area contributed by atoms with Crippen LogP contribution in [0.3, 0.4) is 0 Å². The van der Waals surface area contributed by atoms with Crippen LogP contribution in [0.2, 0.25) is 0 Å². The van der Waals surface area contributed by atoms with E-state index in [-0.39, 0.29) is 0 Å². The zero-order valence-corrected chi connectivity index (χ0v) is 36.1. The van der Waals surface area contributed by atoms with E-state index in [4.69, 9.17) is 19.4 Å². The number of para-hydroxylation sites is 3. The van der Waals surface area contributed by atoms with Gasteiger partial charge in [-0.2, -0.15) is 0 Å². The lowest BCUT2D eigenvalue weighted by molar-refractivity contribution is 0.669. The van der Waals surface area contributed by atoms with Crippen LogP contribution in [0.15, 0.2) is 199 Å². The molecule has 68 heavy (non-hydrogen) atoms. The third kappa shape index (κ3) is 4.23. The van der Waals surface area contributed by atoms with Gasteiger partial charge >= 0.3 is 0 Å². The fourth-order valence-corrected chi connectivity index (χ4v) is 12.2. The summed E-state index contributed by atoms with van der Waals surface area (Å²) >= 11 is 0. The quantitative estimate of drug-likeness (QED) is 0.173. The molecule has 7 nitrogen and oxygen atoms in total. The molecule has 7 aromatic heterocycles. The first-order valence-electron chi connectivity index (χ1n) is 23.1. The average Bonchev–Trinajstić information content (AvgIpc) is 4.18. The van der Waals surface area contributed by atoms with E-state index in [0.717, 1.165) is 72.1 Å². The fourth-order valence-electron chi connectivity index (χ4n) is 12.2. The molecular weight excluding hydrogens is 833 g/mol. The molecule has 7 heterocycles. The van der Waals surface area contributed by atoms with E-state index < -0.39 is 0 Å². The topological polar surface area (TPSA) is 66.1 Å². The van der Waals surface area contributed by atoms with Crippen LogP contribution in [0.4, 0.5) is 0 Å². The summed E-state index contributed by atoms with van der Waals surface area (Å²) in [4.78, 5) is 15.9. The van der Waals surface area contributed by atoms with Crippen molar-refractivity contribution >= 4 is 114 Å². The van der Waals surface area contributed by atoms with E-state index in [1.807, 2.05) is 18.2 Å². The fraction of sp³-hybridized carbons (Fsp3) is 0. The lowest BCUT2D eigenvalue weighted by atomic mass is 10.0. The van der Waals surface area contributed by atoms with Crippen LogP contribution in [0.25, 0.3) is 160 Å². The molecule has 0 radical (unpaired) electrons. The maximum absolute atomic E-state index is 6.70. The van der Waals surface area contributed by atoms with Gasteiger partial charge < -0.3 is 18.0 Å². The van der Waals surface area contributed by atoms with Gasteiger partial charge in [-0.3, -0.25) is 0 Å². The Morgan fingerprint density at radius 1 is 0.324 bits per heavy atom. The van der Waals surface area contributed by atoms with E-state index in [0.29, 0.717) is 17.5 Å². The van der Waals surface area contributed by atoms with Crippen molar-refractivity contribution in [2.75, 3.05) is 0 Å². The van der Waals surface area contributed by atoms with E-state index in [1.165, 1.54) is 70.4 Å². The molecule has 0 aliphatic heterocycles. The predicted molar refractivity (Wildman–Crippen MR) is 278 cm³/mol. The second-order valence-corrected chi connectivity index (χ2v) is 18.3. The van der Waals surface area contributed by atoms with Gasteiger partial charge in [-0.15, -0.1) is 0 Å². The van der Waals surface area contributed by atoms with Gasteiger partial charge in [-0.25, -0.2) is 15.0 Å². The first-order valence-corrected chi connectivity index (χ1v) is 23.1. The second kappa shape index (κ2) is 12.3. The van der Waals surface area contributed by atoms with Crippen molar-refractivity contribution in [2.45, 2.75) is 0 Å². The number of furan rings is 1. The maximum Gasteiger partial charge on any atom is 0.164 e. The van der Waals surface area contributed by atoms with E-state index >= 15 is 0 Å². The summed E-state index contributed by atoms with van der Waals surface area (Å²) in [5.41, 5.74) is 15.1. The van der Waals surface area contributed by atoms with Gasteiger partial charge in [-0.05, 0) is 72.1 Å². The Balaban J connectivity index is 0.922. The SMILES string of the molecule is c1ccc(-c2nc(-c3ccc4c5ccccc5n(-c5ccccc5)c4c3)nc(-c3ccc(-n4c5ccc6oc7ccc8c9cccc%10c%11ccc4c4c5c6c7c8n(c9%10)c%114)c4ccccc34)n2)cc1. The molecule has 0 amide bonds. The summed E-state index contributed by atoms with van der Waals surface area (Å²) in [7, 11) is 0. The van der Waals surface area contributed by atoms with Crippen LogP contribution in [0.5, 0.6) is 0 Å².